The largest absolute Gasteiger partial charge is 0.353 e. The van der Waals surface area contributed by atoms with Crippen LogP contribution in [-0.2, 0) is 11.3 Å². The molecule has 6 heteroatoms. The molecule has 142 valence electrons. The molecule has 0 saturated heterocycles. The summed E-state index contributed by atoms with van der Waals surface area (Å²) >= 11 is 0. The van der Waals surface area contributed by atoms with Crippen LogP contribution in [0.5, 0.6) is 0 Å². The Balaban J connectivity index is 1.60. The maximum absolute atomic E-state index is 11.8. The van der Waals surface area contributed by atoms with Crippen LogP contribution in [0.1, 0.15) is 24.0 Å². The molecule has 0 aliphatic rings. The minimum Gasteiger partial charge on any atom is -0.353 e. The van der Waals surface area contributed by atoms with E-state index in [0.29, 0.717) is 6.54 Å². The van der Waals surface area contributed by atoms with E-state index in [2.05, 4.69) is 29.4 Å². The fraction of sp³-hybridized carbons (Fsp3) is 0.286. The highest BCUT2D eigenvalue weighted by Gasteiger charge is 2.03. The van der Waals surface area contributed by atoms with Crippen LogP contribution < -0.4 is 5.32 Å². The monoisotopic (exact) mass is 367 g/mol. The van der Waals surface area contributed by atoms with Crippen molar-refractivity contribution in [1.29, 1.82) is 0 Å². The molecule has 0 radical (unpaired) electrons. The van der Waals surface area contributed by atoms with E-state index >= 15 is 0 Å². The average Bonchev–Trinajstić information content (AvgIpc) is 2.67. The molecule has 1 N–H and O–H groups in total. The summed E-state index contributed by atoms with van der Waals surface area (Å²) in [5.74, 6) is -0.161. The molecular formula is C21H25N3O3. The van der Waals surface area contributed by atoms with Gasteiger partial charge in [0.15, 0.2) is 0 Å². The van der Waals surface area contributed by atoms with Gasteiger partial charge < -0.3 is 10.2 Å². The van der Waals surface area contributed by atoms with Gasteiger partial charge in [0.1, 0.15) is 0 Å². The summed E-state index contributed by atoms with van der Waals surface area (Å²) in [6, 6.07) is 16.4. The van der Waals surface area contributed by atoms with Crippen LogP contribution in [0.15, 0.2) is 60.7 Å². The van der Waals surface area contributed by atoms with Crippen molar-refractivity contribution in [3.05, 3.63) is 81.9 Å². The Labute approximate surface area is 159 Å². The Morgan fingerprint density at radius 2 is 1.81 bits per heavy atom. The predicted molar refractivity (Wildman–Crippen MR) is 107 cm³/mol. The first kappa shape index (κ1) is 20.3. The number of nitro benzene ring substituents is 1. The third kappa shape index (κ3) is 7.83. The van der Waals surface area contributed by atoms with E-state index in [1.54, 1.807) is 18.2 Å². The van der Waals surface area contributed by atoms with Gasteiger partial charge in [0, 0.05) is 31.3 Å². The number of hydrogen-bond acceptors (Lipinski definition) is 4. The maximum Gasteiger partial charge on any atom is 0.269 e. The Morgan fingerprint density at radius 3 is 2.48 bits per heavy atom. The standard InChI is InChI=1S/C21H25N3O3/c1-23(17-19-7-3-2-4-8-19)16-6-5-15-22-21(25)14-11-18-9-12-20(13-10-18)24(26)27/h2-4,7-14H,5-6,15-17H2,1H3,(H,22,25)/b14-11+. The van der Waals surface area contributed by atoms with E-state index < -0.39 is 4.92 Å². The summed E-state index contributed by atoms with van der Waals surface area (Å²) in [4.78, 5) is 24.2. The fourth-order valence-corrected chi connectivity index (χ4v) is 2.63. The molecule has 2 aromatic rings. The highest BCUT2D eigenvalue weighted by atomic mass is 16.6. The number of rotatable bonds is 10. The summed E-state index contributed by atoms with van der Waals surface area (Å²) < 4.78 is 0. The van der Waals surface area contributed by atoms with Crippen molar-refractivity contribution in [2.75, 3.05) is 20.1 Å². The first-order chi connectivity index (χ1) is 13.0. The maximum atomic E-state index is 11.8. The fourth-order valence-electron chi connectivity index (χ4n) is 2.63. The van der Waals surface area contributed by atoms with Gasteiger partial charge in [-0.2, -0.15) is 0 Å². The van der Waals surface area contributed by atoms with E-state index in [9.17, 15) is 14.9 Å². The summed E-state index contributed by atoms with van der Waals surface area (Å²) in [7, 11) is 2.10. The Morgan fingerprint density at radius 1 is 1.11 bits per heavy atom. The topological polar surface area (TPSA) is 75.5 Å². The lowest BCUT2D eigenvalue weighted by molar-refractivity contribution is -0.384. The number of non-ortho nitro benzene ring substituents is 1. The molecule has 0 heterocycles. The zero-order valence-corrected chi connectivity index (χ0v) is 15.5. The second-order valence-electron chi connectivity index (χ2n) is 6.40. The highest BCUT2D eigenvalue weighted by molar-refractivity contribution is 5.91. The molecule has 0 spiro atoms. The predicted octanol–water partition coefficient (Wildman–Crippen LogP) is 3.64. The molecule has 2 rings (SSSR count). The van der Waals surface area contributed by atoms with E-state index in [4.69, 9.17) is 0 Å². The summed E-state index contributed by atoms with van der Waals surface area (Å²) in [6.07, 6.45) is 5.02. The van der Waals surface area contributed by atoms with Gasteiger partial charge in [-0.3, -0.25) is 14.9 Å². The molecule has 6 nitrogen and oxygen atoms in total. The molecule has 0 atom stereocenters. The van der Waals surface area contributed by atoms with Crippen molar-refractivity contribution in [2.45, 2.75) is 19.4 Å². The summed E-state index contributed by atoms with van der Waals surface area (Å²) in [6.45, 7) is 2.52. The van der Waals surface area contributed by atoms with Gasteiger partial charge in [-0.25, -0.2) is 0 Å². The molecule has 2 aromatic carbocycles. The van der Waals surface area contributed by atoms with Crippen molar-refractivity contribution >= 4 is 17.7 Å². The van der Waals surface area contributed by atoms with Crippen molar-refractivity contribution in [3.8, 4) is 0 Å². The summed E-state index contributed by atoms with van der Waals surface area (Å²) in [5, 5.41) is 13.5. The normalized spacial score (nSPS) is 11.0. The molecule has 0 unspecified atom stereocenters. The zero-order valence-electron chi connectivity index (χ0n) is 15.5. The Kier molecular flexibility index (Phi) is 8.19. The van der Waals surface area contributed by atoms with Gasteiger partial charge in [-0.15, -0.1) is 0 Å². The average molecular weight is 367 g/mol. The number of nitrogens with zero attached hydrogens (tertiary/aromatic N) is 2. The van der Waals surface area contributed by atoms with Crippen LogP contribution in [0.2, 0.25) is 0 Å². The lowest BCUT2D eigenvalue weighted by Crippen LogP contribution is -2.24. The van der Waals surface area contributed by atoms with Gasteiger partial charge in [0.2, 0.25) is 5.91 Å². The van der Waals surface area contributed by atoms with Gasteiger partial charge in [-0.1, -0.05) is 30.3 Å². The smallest absolute Gasteiger partial charge is 0.269 e. The summed E-state index contributed by atoms with van der Waals surface area (Å²) in [5.41, 5.74) is 2.08. The molecule has 0 aliphatic heterocycles. The number of carbonyl (C=O) groups excluding carboxylic acids is 1. The zero-order chi connectivity index (χ0) is 19.5. The van der Waals surface area contributed by atoms with Gasteiger partial charge in [0.05, 0.1) is 4.92 Å². The molecule has 27 heavy (non-hydrogen) atoms. The van der Waals surface area contributed by atoms with E-state index in [1.807, 2.05) is 18.2 Å². The molecule has 0 fully saturated rings. The first-order valence-corrected chi connectivity index (χ1v) is 8.97. The number of nitrogens with one attached hydrogen (secondary N) is 1. The van der Waals surface area contributed by atoms with E-state index in [1.165, 1.54) is 23.8 Å². The second kappa shape index (κ2) is 10.9. The van der Waals surface area contributed by atoms with Crippen LogP contribution in [-0.4, -0.2) is 35.9 Å². The second-order valence-corrected chi connectivity index (χ2v) is 6.40. The molecule has 0 saturated carbocycles. The highest BCUT2D eigenvalue weighted by Crippen LogP contribution is 2.12. The number of carbonyl (C=O) groups is 1. The van der Waals surface area contributed by atoms with Gasteiger partial charge >= 0.3 is 0 Å². The number of benzene rings is 2. The lowest BCUT2D eigenvalue weighted by Gasteiger charge is -2.16. The van der Waals surface area contributed by atoms with Crippen LogP contribution in [0.4, 0.5) is 5.69 Å². The molecule has 0 aromatic heterocycles. The Hall–Kier alpha value is -2.99. The van der Waals surface area contributed by atoms with Crippen LogP contribution >= 0.6 is 0 Å². The van der Waals surface area contributed by atoms with E-state index in [-0.39, 0.29) is 11.6 Å². The number of unbranched alkanes of at least 4 members (excludes halogenated alkanes) is 1. The van der Waals surface area contributed by atoms with Crippen molar-refractivity contribution in [2.24, 2.45) is 0 Å². The number of nitro groups is 1. The van der Waals surface area contributed by atoms with Crippen LogP contribution in [0.25, 0.3) is 6.08 Å². The number of hydrogen-bond donors (Lipinski definition) is 1. The minimum absolute atomic E-state index is 0.0360. The van der Waals surface area contributed by atoms with Crippen LogP contribution in [0.3, 0.4) is 0 Å². The van der Waals surface area contributed by atoms with Gasteiger partial charge in [0.25, 0.3) is 5.69 Å². The van der Waals surface area contributed by atoms with E-state index in [0.717, 1.165) is 31.5 Å². The van der Waals surface area contributed by atoms with Gasteiger partial charge in [-0.05, 0) is 55.8 Å². The quantitative estimate of drug-likeness (QED) is 0.301. The van der Waals surface area contributed by atoms with Crippen LogP contribution in [0, 0.1) is 10.1 Å². The molecule has 0 bridgehead atoms. The minimum atomic E-state index is -0.447. The molecule has 0 aliphatic carbocycles. The Bertz CT molecular complexity index is 758. The molecule has 1 amide bonds. The SMILES string of the molecule is CN(CCCCNC(=O)/C=C/c1ccc([N+](=O)[O-])cc1)Cc1ccccc1. The number of amides is 1. The van der Waals surface area contributed by atoms with Crippen molar-refractivity contribution < 1.29 is 9.72 Å². The first-order valence-electron chi connectivity index (χ1n) is 8.97. The third-order valence-corrected chi connectivity index (χ3v) is 4.09. The molecular weight excluding hydrogens is 342 g/mol. The van der Waals surface area contributed by atoms with Crippen molar-refractivity contribution in [3.63, 3.8) is 0 Å². The lowest BCUT2D eigenvalue weighted by atomic mass is 10.2. The van der Waals surface area contributed by atoms with Crippen molar-refractivity contribution in [1.82, 2.24) is 10.2 Å². The third-order valence-electron chi connectivity index (χ3n) is 4.09.